The van der Waals surface area contributed by atoms with Crippen LogP contribution in [-0.4, -0.2) is 12.5 Å². The van der Waals surface area contributed by atoms with Crippen molar-refractivity contribution in [1.29, 1.82) is 0 Å². The first-order valence-electron chi connectivity index (χ1n) is 6.53. The molecule has 1 heterocycles. The summed E-state index contributed by atoms with van der Waals surface area (Å²) in [5.41, 5.74) is 4.29. The Bertz CT molecular complexity index is 652. The van der Waals surface area contributed by atoms with Crippen LogP contribution in [0.5, 0.6) is 0 Å². The van der Waals surface area contributed by atoms with Crippen molar-refractivity contribution < 1.29 is 4.79 Å². The molecule has 0 spiro atoms. The summed E-state index contributed by atoms with van der Waals surface area (Å²) < 4.78 is 0.974. The summed E-state index contributed by atoms with van der Waals surface area (Å²) in [4.78, 5) is 14.0. The number of hydrogen-bond donors (Lipinski definition) is 1. The lowest BCUT2D eigenvalue weighted by atomic mass is 10.1. The molecule has 0 bridgehead atoms. The first kappa shape index (κ1) is 13.2. The first-order chi connectivity index (χ1) is 9.63. The van der Waals surface area contributed by atoms with Gasteiger partial charge in [-0.25, -0.2) is 0 Å². The van der Waals surface area contributed by atoms with Gasteiger partial charge in [0.15, 0.2) is 0 Å². The van der Waals surface area contributed by atoms with E-state index in [2.05, 4.69) is 52.4 Å². The third-order valence-electron chi connectivity index (χ3n) is 3.44. The van der Waals surface area contributed by atoms with Crippen LogP contribution in [0.4, 0.5) is 11.4 Å². The van der Waals surface area contributed by atoms with Crippen LogP contribution in [0, 0.1) is 6.92 Å². The molecule has 2 aromatic carbocycles. The van der Waals surface area contributed by atoms with Crippen molar-refractivity contribution in [2.75, 3.05) is 16.8 Å². The minimum absolute atomic E-state index is 0.0937. The maximum absolute atomic E-state index is 12.2. The molecule has 1 aliphatic rings. The molecule has 0 saturated heterocycles. The molecule has 3 nitrogen and oxygen atoms in total. The molecule has 2 aromatic rings. The number of benzene rings is 2. The summed E-state index contributed by atoms with van der Waals surface area (Å²) in [5.74, 6) is 0.0937. The zero-order valence-corrected chi connectivity index (χ0v) is 12.8. The predicted molar refractivity (Wildman–Crippen MR) is 85.0 cm³/mol. The molecule has 3 rings (SSSR count). The van der Waals surface area contributed by atoms with Crippen molar-refractivity contribution in [1.82, 2.24) is 0 Å². The van der Waals surface area contributed by atoms with Crippen molar-refractivity contribution in [2.24, 2.45) is 0 Å². The van der Waals surface area contributed by atoms with Gasteiger partial charge in [-0.15, -0.1) is 0 Å². The van der Waals surface area contributed by atoms with E-state index >= 15 is 0 Å². The van der Waals surface area contributed by atoms with Gasteiger partial charge in [0.2, 0.25) is 5.91 Å². The van der Waals surface area contributed by atoms with E-state index in [1.807, 2.05) is 23.1 Å². The molecule has 4 heteroatoms. The van der Waals surface area contributed by atoms with Crippen LogP contribution in [0.3, 0.4) is 0 Å². The number of nitrogens with zero attached hydrogens (tertiary/aromatic N) is 1. The van der Waals surface area contributed by atoms with Crippen molar-refractivity contribution in [2.45, 2.75) is 13.5 Å². The Morgan fingerprint density at radius 2 is 1.95 bits per heavy atom. The van der Waals surface area contributed by atoms with E-state index < -0.39 is 0 Å². The lowest BCUT2D eigenvalue weighted by molar-refractivity contribution is -0.117. The second kappa shape index (κ2) is 5.29. The fourth-order valence-electron chi connectivity index (χ4n) is 2.33. The zero-order chi connectivity index (χ0) is 14.1. The Kier molecular flexibility index (Phi) is 3.49. The van der Waals surface area contributed by atoms with Crippen molar-refractivity contribution in [3.05, 3.63) is 58.1 Å². The number of fused-ring (bicyclic) bond motifs is 1. The largest absolute Gasteiger partial charge is 0.374 e. The lowest BCUT2D eigenvalue weighted by Gasteiger charge is -2.30. The molecule has 0 saturated carbocycles. The fourth-order valence-corrected chi connectivity index (χ4v) is 2.68. The van der Waals surface area contributed by atoms with E-state index in [1.54, 1.807) is 0 Å². The van der Waals surface area contributed by atoms with E-state index in [-0.39, 0.29) is 5.91 Å². The smallest absolute Gasteiger partial charge is 0.246 e. The lowest BCUT2D eigenvalue weighted by Crippen LogP contribution is -2.39. The van der Waals surface area contributed by atoms with Crippen LogP contribution < -0.4 is 10.2 Å². The highest BCUT2D eigenvalue weighted by atomic mass is 79.9. The first-order valence-corrected chi connectivity index (χ1v) is 7.32. The van der Waals surface area contributed by atoms with Crippen molar-refractivity contribution in [3.63, 3.8) is 0 Å². The van der Waals surface area contributed by atoms with E-state index in [0.29, 0.717) is 13.1 Å². The van der Waals surface area contributed by atoms with Gasteiger partial charge >= 0.3 is 0 Å². The Morgan fingerprint density at radius 3 is 2.70 bits per heavy atom. The Labute approximate surface area is 126 Å². The maximum Gasteiger partial charge on any atom is 0.246 e. The molecular formula is C16H15BrN2O. The minimum Gasteiger partial charge on any atom is -0.374 e. The van der Waals surface area contributed by atoms with E-state index in [9.17, 15) is 4.79 Å². The third-order valence-corrected chi connectivity index (χ3v) is 3.94. The zero-order valence-electron chi connectivity index (χ0n) is 11.2. The SMILES string of the molecule is Cc1ccc(CN2C(=O)CNc3ccc(Br)cc32)cc1. The van der Waals surface area contributed by atoms with Crippen LogP contribution >= 0.6 is 15.9 Å². The van der Waals surface area contributed by atoms with Crippen LogP contribution in [0.15, 0.2) is 46.9 Å². The molecule has 1 N–H and O–H groups in total. The van der Waals surface area contributed by atoms with Gasteiger partial charge in [0.05, 0.1) is 24.5 Å². The number of carbonyl (C=O) groups excluding carboxylic acids is 1. The molecule has 1 aliphatic heterocycles. The summed E-state index contributed by atoms with van der Waals surface area (Å²) in [5, 5.41) is 3.15. The minimum atomic E-state index is 0.0937. The summed E-state index contributed by atoms with van der Waals surface area (Å²) in [6.45, 7) is 3.01. The molecule has 1 amide bonds. The maximum atomic E-state index is 12.2. The topological polar surface area (TPSA) is 32.3 Å². The molecule has 0 aliphatic carbocycles. The number of rotatable bonds is 2. The van der Waals surface area contributed by atoms with Crippen molar-refractivity contribution in [3.8, 4) is 0 Å². The standard InChI is InChI=1S/C16H15BrN2O/c1-11-2-4-12(5-3-11)10-19-15-8-13(17)6-7-14(15)18-9-16(19)20/h2-8,18H,9-10H2,1H3. The molecule has 20 heavy (non-hydrogen) atoms. The second-order valence-corrected chi connectivity index (χ2v) is 5.90. The Hall–Kier alpha value is -1.81. The molecular weight excluding hydrogens is 316 g/mol. The number of hydrogen-bond acceptors (Lipinski definition) is 2. The number of nitrogens with one attached hydrogen (secondary N) is 1. The number of anilines is 2. The number of aryl methyl sites for hydroxylation is 1. The second-order valence-electron chi connectivity index (χ2n) is 4.98. The van der Waals surface area contributed by atoms with Gasteiger partial charge in [-0.1, -0.05) is 45.8 Å². The Balaban J connectivity index is 1.94. The summed E-state index contributed by atoms with van der Waals surface area (Å²) in [6, 6.07) is 14.2. The monoisotopic (exact) mass is 330 g/mol. The van der Waals surface area contributed by atoms with E-state index in [0.717, 1.165) is 21.4 Å². The summed E-state index contributed by atoms with van der Waals surface area (Å²) >= 11 is 3.47. The number of carbonyl (C=O) groups is 1. The van der Waals surface area contributed by atoms with Crippen LogP contribution in [0.1, 0.15) is 11.1 Å². The Morgan fingerprint density at radius 1 is 1.20 bits per heavy atom. The van der Waals surface area contributed by atoms with Gasteiger partial charge in [0, 0.05) is 4.47 Å². The van der Waals surface area contributed by atoms with Gasteiger partial charge in [0.1, 0.15) is 0 Å². The average Bonchev–Trinajstić information content (AvgIpc) is 2.44. The van der Waals surface area contributed by atoms with Gasteiger partial charge in [-0.3, -0.25) is 4.79 Å². The van der Waals surface area contributed by atoms with Gasteiger partial charge in [0.25, 0.3) is 0 Å². The fraction of sp³-hybridized carbons (Fsp3) is 0.188. The number of halogens is 1. The normalized spacial score (nSPS) is 13.9. The molecule has 0 fully saturated rings. The molecule has 0 aromatic heterocycles. The van der Waals surface area contributed by atoms with Gasteiger partial charge in [-0.2, -0.15) is 0 Å². The summed E-state index contributed by atoms with van der Waals surface area (Å²) in [7, 11) is 0. The molecule has 0 radical (unpaired) electrons. The molecule has 0 unspecified atom stereocenters. The van der Waals surface area contributed by atoms with E-state index in [1.165, 1.54) is 5.56 Å². The van der Waals surface area contributed by atoms with Gasteiger partial charge < -0.3 is 10.2 Å². The highest BCUT2D eigenvalue weighted by Gasteiger charge is 2.23. The van der Waals surface area contributed by atoms with Crippen LogP contribution in [0.25, 0.3) is 0 Å². The number of amides is 1. The molecule has 0 atom stereocenters. The van der Waals surface area contributed by atoms with Crippen LogP contribution in [0.2, 0.25) is 0 Å². The quantitative estimate of drug-likeness (QED) is 0.910. The molecule has 102 valence electrons. The van der Waals surface area contributed by atoms with Gasteiger partial charge in [-0.05, 0) is 30.7 Å². The van der Waals surface area contributed by atoms with Crippen LogP contribution in [-0.2, 0) is 11.3 Å². The average molecular weight is 331 g/mol. The third kappa shape index (κ3) is 2.56. The summed E-state index contributed by atoms with van der Waals surface area (Å²) in [6.07, 6.45) is 0. The predicted octanol–water partition coefficient (Wildman–Crippen LogP) is 3.72. The highest BCUT2D eigenvalue weighted by Crippen LogP contribution is 2.33. The van der Waals surface area contributed by atoms with Crippen molar-refractivity contribution >= 4 is 33.2 Å². The highest BCUT2D eigenvalue weighted by molar-refractivity contribution is 9.10. The van der Waals surface area contributed by atoms with E-state index in [4.69, 9.17) is 0 Å².